The van der Waals surface area contributed by atoms with E-state index in [0.29, 0.717) is 20.6 Å². The smallest absolute Gasteiger partial charge is 0.139 e. The van der Waals surface area contributed by atoms with Gasteiger partial charge in [0, 0.05) is 10.2 Å². The van der Waals surface area contributed by atoms with Crippen LogP contribution in [0, 0.1) is 5.41 Å². The minimum absolute atomic E-state index is 0.131. The van der Waals surface area contributed by atoms with E-state index in [4.69, 9.17) is 27.9 Å². The van der Waals surface area contributed by atoms with Crippen molar-refractivity contribution in [3.63, 3.8) is 0 Å². The maximum Gasteiger partial charge on any atom is 0.139 e. The van der Waals surface area contributed by atoms with Crippen LogP contribution < -0.4 is 4.74 Å². The molecule has 1 fully saturated rings. The van der Waals surface area contributed by atoms with Crippen LogP contribution in [0.15, 0.2) is 18.2 Å². The van der Waals surface area contributed by atoms with Crippen molar-refractivity contribution in [2.24, 2.45) is 5.41 Å². The molecular formula is C12H13BrCl2O. The molecule has 2 atom stereocenters. The summed E-state index contributed by atoms with van der Waals surface area (Å²) in [4.78, 5) is 0.503. The normalized spacial score (nSPS) is 27.3. The molecule has 1 aliphatic rings. The zero-order valence-electron chi connectivity index (χ0n) is 9.14. The lowest BCUT2D eigenvalue weighted by Gasteiger charge is -2.48. The molecule has 1 nitrogen and oxygen atoms in total. The van der Waals surface area contributed by atoms with Crippen molar-refractivity contribution in [2.75, 3.05) is 0 Å². The summed E-state index contributed by atoms with van der Waals surface area (Å²) in [7, 11) is 0. The minimum Gasteiger partial charge on any atom is -0.488 e. The van der Waals surface area contributed by atoms with E-state index < -0.39 is 0 Å². The highest BCUT2D eigenvalue weighted by Gasteiger charge is 2.48. The highest BCUT2D eigenvalue weighted by atomic mass is 79.9. The predicted octanol–water partition coefficient (Wildman–Crippen LogP) is 4.93. The zero-order valence-corrected chi connectivity index (χ0v) is 12.2. The van der Waals surface area contributed by atoms with Gasteiger partial charge in [-0.15, -0.1) is 0 Å². The van der Waals surface area contributed by atoms with Gasteiger partial charge in [-0.25, -0.2) is 0 Å². The molecule has 1 aromatic carbocycles. The molecule has 0 heterocycles. The molecule has 0 spiro atoms. The number of hydrogen-bond acceptors (Lipinski definition) is 1. The zero-order chi connectivity index (χ0) is 11.9. The Labute approximate surface area is 114 Å². The van der Waals surface area contributed by atoms with E-state index in [1.54, 1.807) is 6.07 Å². The predicted molar refractivity (Wildman–Crippen MR) is 72.0 cm³/mol. The van der Waals surface area contributed by atoms with E-state index >= 15 is 0 Å². The molecule has 1 aromatic rings. The first-order chi connectivity index (χ1) is 7.43. The largest absolute Gasteiger partial charge is 0.488 e. The second-order valence-electron chi connectivity index (χ2n) is 4.68. The van der Waals surface area contributed by atoms with Gasteiger partial charge in [-0.2, -0.15) is 0 Å². The van der Waals surface area contributed by atoms with Gasteiger partial charge in [-0.3, -0.25) is 0 Å². The molecule has 0 radical (unpaired) electrons. The SMILES string of the molecule is CC1(C)C(Br)CC1Oc1cccc(Cl)c1Cl. The first-order valence-corrected chi connectivity index (χ1v) is 6.85. The van der Waals surface area contributed by atoms with Crippen LogP contribution in [-0.2, 0) is 0 Å². The third-order valence-electron chi connectivity index (χ3n) is 3.24. The average Bonchev–Trinajstić information content (AvgIpc) is 2.24. The van der Waals surface area contributed by atoms with Crippen LogP contribution in [0.4, 0.5) is 0 Å². The van der Waals surface area contributed by atoms with Crippen LogP contribution in [0.2, 0.25) is 10.0 Å². The molecule has 16 heavy (non-hydrogen) atoms. The monoisotopic (exact) mass is 322 g/mol. The fraction of sp³-hybridized carbons (Fsp3) is 0.500. The second-order valence-corrected chi connectivity index (χ2v) is 6.57. The Morgan fingerprint density at radius 3 is 2.62 bits per heavy atom. The molecule has 0 bridgehead atoms. The van der Waals surface area contributed by atoms with Gasteiger partial charge in [0.1, 0.15) is 16.9 Å². The van der Waals surface area contributed by atoms with Crippen LogP contribution in [0.5, 0.6) is 5.75 Å². The van der Waals surface area contributed by atoms with Gasteiger partial charge in [-0.1, -0.05) is 59.0 Å². The summed E-state index contributed by atoms with van der Waals surface area (Å²) in [6, 6.07) is 5.46. The highest BCUT2D eigenvalue weighted by molar-refractivity contribution is 9.09. The van der Waals surface area contributed by atoms with Crippen molar-refractivity contribution in [1.29, 1.82) is 0 Å². The molecule has 1 aliphatic carbocycles. The van der Waals surface area contributed by atoms with Crippen LogP contribution in [0.25, 0.3) is 0 Å². The molecule has 2 rings (SSSR count). The summed E-state index contributed by atoms with van der Waals surface area (Å²) >= 11 is 15.6. The summed E-state index contributed by atoms with van der Waals surface area (Å²) < 4.78 is 5.90. The van der Waals surface area contributed by atoms with E-state index in [1.165, 1.54) is 0 Å². The summed E-state index contributed by atoms with van der Waals surface area (Å²) in [5.41, 5.74) is 0.131. The topological polar surface area (TPSA) is 9.23 Å². The first-order valence-electron chi connectivity index (χ1n) is 5.17. The molecule has 0 aliphatic heterocycles. The minimum atomic E-state index is 0.131. The molecule has 0 N–H and O–H groups in total. The second kappa shape index (κ2) is 4.40. The maximum absolute atomic E-state index is 6.08. The van der Waals surface area contributed by atoms with E-state index in [9.17, 15) is 0 Å². The molecule has 0 aromatic heterocycles. The third-order valence-corrected chi connectivity index (χ3v) is 5.60. The summed E-state index contributed by atoms with van der Waals surface area (Å²) in [5.74, 6) is 0.673. The van der Waals surface area contributed by atoms with Crippen molar-refractivity contribution in [2.45, 2.75) is 31.2 Å². The first kappa shape index (κ1) is 12.5. The quantitative estimate of drug-likeness (QED) is 0.701. The van der Waals surface area contributed by atoms with Crippen molar-refractivity contribution in [1.82, 2.24) is 0 Å². The van der Waals surface area contributed by atoms with Crippen molar-refractivity contribution in [3.05, 3.63) is 28.2 Å². The summed E-state index contributed by atoms with van der Waals surface area (Å²) in [5, 5.41) is 1.03. The van der Waals surface area contributed by atoms with E-state index in [0.717, 1.165) is 6.42 Å². The molecule has 4 heteroatoms. The number of alkyl halides is 1. The average molecular weight is 324 g/mol. The Hall–Kier alpha value is 0.0800. The number of benzene rings is 1. The van der Waals surface area contributed by atoms with Gasteiger partial charge in [0.25, 0.3) is 0 Å². The van der Waals surface area contributed by atoms with Gasteiger partial charge in [0.05, 0.1) is 5.02 Å². The van der Waals surface area contributed by atoms with Crippen molar-refractivity contribution < 1.29 is 4.74 Å². The molecule has 2 unspecified atom stereocenters. The van der Waals surface area contributed by atoms with Gasteiger partial charge < -0.3 is 4.74 Å². The Morgan fingerprint density at radius 1 is 1.38 bits per heavy atom. The van der Waals surface area contributed by atoms with E-state index in [2.05, 4.69) is 29.8 Å². The van der Waals surface area contributed by atoms with E-state index in [-0.39, 0.29) is 11.5 Å². The van der Waals surface area contributed by atoms with Gasteiger partial charge in [0.2, 0.25) is 0 Å². The van der Waals surface area contributed by atoms with Gasteiger partial charge >= 0.3 is 0 Å². The van der Waals surface area contributed by atoms with Gasteiger partial charge in [-0.05, 0) is 18.6 Å². The van der Waals surface area contributed by atoms with Crippen molar-refractivity contribution in [3.8, 4) is 5.75 Å². The summed E-state index contributed by atoms with van der Waals surface area (Å²) in [6.45, 7) is 4.36. The maximum atomic E-state index is 6.08. The van der Waals surface area contributed by atoms with Crippen LogP contribution in [0.1, 0.15) is 20.3 Å². The Balaban J connectivity index is 2.14. The van der Waals surface area contributed by atoms with Crippen LogP contribution in [-0.4, -0.2) is 10.9 Å². The Kier molecular flexibility index (Phi) is 3.44. The Morgan fingerprint density at radius 2 is 2.06 bits per heavy atom. The Bertz CT molecular complexity index is 406. The van der Waals surface area contributed by atoms with Crippen molar-refractivity contribution >= 4 is 39.1 Å². The lowest BCUT2D eigenvalue weighted by molar-refractivity contribution is -0.00771. The highest BCUT2D eigenvalue weighted by Crippen LogP contribution is 2.48. The molecule has 1 saturated carbocycles. The molecule has 0 saturated heterocycles. The number of ether oxygens (including phenoxy) is 1. The number of rotatable bonds is 2. The van der Waals surface area contributed by atoms with Gasteiger partial charge in [0.15, 0.2) is 0 Å². The van der Waals surface area contributed by atoms with Crippen LogP contribution >= 0.6 is 39.1 Å². The number of hydrogen-bond donors (Lipinski definition) is 0. The third kappa shape index (κ3) is 2.07. The number of halogens is 3. The summed E-state index contributed by atoms with van der Waals surface area (Å²) in [6.07, 6.45) is 1.18. The standard InChI is InChI=1S/C12H13BrCl2O/c1-12(2)9(13)6-10(12)16-8-5-3-4-7(14)11(8)15/h3-5,9-10H,6H2,1-2H3. The molecule has 88 valence electrons. The lowest BCUT2D eigenvalue weighted by atomic mass is 9.69. The lowest BCUT2D eigenvalue weighted by Crippen LogP contribution is -2.53. The molecule has 0 amide bonds. The van der Waals surface area contributed by atoms with Crippen LogP contribution in [0.3, 0.4) is 0 Å². The molecular weight excluding hydrogens is 311 g/mol. The fourth-order valence-electron chi connectivity index (χ4n) is 1.76. The fourth-order valence-corrected chi connectivity index (χ4v) is 2.74. The van der Waals surface area contributed by atoms with E-state index in [1.807, 2.05) is 12.1 Å².